The number of rotatable bonds is 63. The molecule has 6 nitrogen and oxygen atoms in total. The number of carbonyl (C=O) groups excluding carboxylic acids is 3. The highest BCUT2D eigenvalue weighted by Gasteiger charge is 2.19. The minimum absolute atomic E-state index is 0.0851. The van der Waals surface area contributed by atoms with Gasteiger partial charge in [0.25, 0.3) is 0 Å². The average Bonchev–Trinajstić information content (AvgIpc) is 3.49. The molecule has 0 spiro atoms. The molecule has 0 N–H and O–H groups in total. The zero-order valence-corrected chi connectivity index (χ0v) is 54.4. The summed E-state index contributed by atoms with van der Waals surface area (Å²) in [6, 6.07) is 0. The number of esters is 3. The van der Waals surface area contributed by atoms with Crippen LogP contribution in [-0.4, -0.2) is 37.2 Å². The van der Waals surface area contributed by atoms with Gasteiger partial charge in [-0.3, -0.25) is 14.4 Å². The molecule has 0 aliphatic carbocycles. The van der Waals surface area contributed by atoms with E-state index in [0.29, 0.717) is 19.3 Å². The van der Waals surface area contributed by atoms with Crippen molar-refractivity contribution in [2.75, 3.05) is 13.2 Å². The Balaban J connectivity index is 4.15. The molecule has 0 aromatic rings. The molecule has 0 aliphatic rings. The van der Waals surface area contributed by atoms with Crippen molar-refractivity contribution in [1.82, 2.24) is 0 Å². The fourth-order valence-electron chi connectivity index (χ4n) is 9.76. The fourth-order valence-corrected chi connectivity index (χ4v) is 9.76. The third-order valence-electron chi connectivity index (χ3n) is 14.9. The van der Waals surface area contributed by atoms with E-state index in [9.17, 15) is 14.4 Å². The third kappa shape index (κ3) is 68.5. The number of hydrogen-bond acceptors (Lipinski definition) is 6. The Kier molecular flexibility index (Phi) is 66.7. The molecule has 0 aliphatic heterocycles. The van der Waals surface area contributed by atoms with Crippen LogP contribution in [0.25, 0.3) is 0 Å². The van der Waals surface area contributed by atoms with E-state index in [1.807, 2.05) is 0 Å². The van der Waals surface area contributed by atoms with Crippen LogP contribution in [0, 0.1) is 0 Å². The van der Waals surface area contributed by atoms with Crippen LogP contribution in [0.5, 0.6) is 0 Å². The molecule has 0 saturated carbocycles. The molecular formula is C77H130O6. The van der Waals surface area contributed by atoms with Gasteiger partial charge in [0, 0.05) is 19.3 Å². The molecule has 0 heterocycles. The second-order valence-corrected chi connectivity index (χ2v) is 23.0. The fraction of sp³-hybridized carbons (Fsp3) is 0.701. The Hall–Kier alpha value is -4.19. The smallest absolute Gasteiger partial charge is 0.306 e. The summed E-state index contributed by atoms with van der Waals surface area (Å²) in [7, 11) is 0. The van der Waals surface area contributed by atoms with Crippen LogP contribution in [0.15, 0.2) is 122 Å². The second-order valence-electron chi connectivity index (χ2n) is 23.0. The first-order valence-electron chi connectivity index (χ1n) is 35.0. The summed E-state index contributed by atoms with van der Waals surface area (Å²) < 4.78 is 16.9. The van der Waals surface area contributed by atoms with E-state index >= 15 is 0 Å². The Bertz CT molecular complexity index is 1700. The average molecular weight is 1150 g/mol. The number of unbranched alkanes of at least 4 members (excludes halogenated alkanes) is 32. The highest BCUT2D eigenvalue weighted by molar-refractivity contribution is 5.71. The number of hydrogen-bond donors (Lipinski definition) is 0. The minimum Gasteiger partial charge on any atom is -0.462 e. The van der Waals surface area contributed by atoms with Gasteiger partial charge in [0.1, 0.15) is 13.2 Å². The Morgan fingerprint density at radius 2 is 0.470 bits per heavy atom. The number of carbonyl (C=O) groups is 3. The lowest BCUT2D eigenvalue weighted by Gasteiger charge is -2.18. The predicted octanol–water partition coefficient (Wildman–Crippen LogP) is 24.3. The highest BCUT2D eigenvalue weighted by Crippen LogP contribution is 2.17. The van der Waals surface area contributed by atoms with Crippen molar-refractivity contribution < 1.29 is 28.6 Å². The van der Waals surface area contributed by atoms with E-state index in [4.69, 9.17) is 14.2 Å². The quantitative estimate of drug-likeness (QED) is 0.0261. The van der Waals surface area contributed by atoms with Crippen LogP contribution >= 0.6 is 0 Å². The van der Waals surface area contributed by atoms with Crippen LogP contribution in [0.1, 0.15) is 329 Å². The summed E-state index contributed by atoms with van der Waals surface area (Å²) >= 11 is 0. The lowest BCUT2D eigenvalue weighted by atomic mass is 10.0. The molecule has 1 atom stereocenters. The van der Waals surface area contributed by atoms with E-state index in [-0.39, 0.29) is 31.1 Å². The molecule has 0 aromatic carbocycles. The van der Waals surface area contributed by atoms with Crippen molar-refractivity contribution in [3.8, 4) is 0 Å². The standard InChI is InChI=1S/C77H130O6/c1-4-7-10-13-16-19-22-25-27-29-30-31-32-33-34-35-36-37-38-39-40-41-42-43-44-45-46-48-49-52-55-58-61-64-67-70-76(79)82-73-74(72-81-75(78)69-66-63-60-57-54-51-24-21-18-15-12-9-6-3)83-77(80)71-68-65-62-59-56-53-50-47-28-26-23-20-17-14-11-8-5-2/h7-8,10-12,15-17,19-21,24-28,30-31,33-34,74H,4-6,9,13-14,18,22-23,29,32,35-73H2,1-3H3/b10-7-,11-8-,15-12-,19-16-,20-17-,24-21-,27-25-,28-26-,31-30-,34-33-. The zero-order valence-electron chi connectivity index (χ0n) is 54.4. The summed E-state index contributed by atoms with van der Waals surface area (Å²) in [4.78, 5) is 38.4. The van der Waals surface area contributed by atoms with E-state index in [2.05, 4.69) is 142 Å². The Morgan fingerprint density at radius 3 is 0.735 bits per heavy atom. The van der Waals surface area contributed by atoms with Crippen molar-refractivity contribution >= 4 is 17.9 Å². The molecule has 1 unspecified atom stereocenters. The van der Waals surface area contributed by atoms with Crippen molar-refractivity contribution in [3.05, 3.63) is 122 Å². The van der Waals surface area contributed by atoms with Crippen molar-refractivity contribution in [3.63, 3.8) is 0 Å². The summed E-state index contributed by atoms with van der Waals surface area (Å²) in [6.07, 6.45) is 98.1. The molecule has 0 aromatic heterocycles. The van der Waals surface area contributed by atoms with Crippen LogP contribution in [0.4, 0.5) is 0 Å². The number of allylic oxidation sites excluding steroid dienone is 20. The second kappa shape index (κ2) is 70.3. The van der Waals surface area contributed by atoms with Crippen molar-refractivity contribution in [2.45, 2.75) is 335 Å². The molecule has 0 fully saturated rings. The lowest BCUT2D eigenvalue weighted by Crippen LogP contribution is -2.30. The maximum Gasteiger partial charge on any atom is 0.306 e. The van der Waals surface area contributed by atoms with Crippen LogP contribution in [-0.2, 0) is 28.6 Å². The normalized spacial score (nSPS) is 12.9. The molecule has 474 valence electrons. The first kappa shape index (κ1) is 78.8. The maximum absolute atomic E-state index is 12.9. The van der Waals surface area contributed by atoms with Gasteiger partial charge in [-0.15, -0.1) is 0 Å². The number of ether oxygens (including phenoxy) is 3. The maximum atomic E-state index is 12.9. The lowest BCUT2D eigenvalue weighted by molar-refractivity contribution is -0.167. The minimum atomic E-state index is -0.791. The van der Waals surface area contributed by atoms with Gasteiger partial charge in [-0.25, -0.2) is 0 Å². The summed E-state index contributed by atoms with van der Waals surface area (Å²) in [6.45, 7) is 6.36. The first-order chi connectivity index (χ1) is 41.0. The summed E-state index contributed by atoms with van der Waals surface area (Å²) in [5.74, 6) is -0.899. The van der Waals surface area contributed by atoms with Crippen molar-refractivity contribution in [1.29, 1.82) is 0 Å². The molecule has 0 radical (unpaired) electrons. The monoisotopic (exact) mass is 1150 g/mol. The highest BCUT2D eigenvalue weighted by atomic mass is 16.6. The van der Waals surface area contributed by atoms with E-state index < -0.39 is 6.10 Å². The molecule has 0 bridgehead atoms. The van der Waals surface area contributed by atoms with E-state index in [1.165, 1.54) is 141 Å². The Labute approximate surface area is 513 Å². The van der Waals surface area contributed by atoms with Crippen LogP contribution in [0.2, 0.25) is 0 Å². The summed E-state index contributed by atoms with van der Waals surface area (Å²) in [5.41, 5.74) is 0. The molecule has 0 rings (SSSR count). The van der Waals surface area contributed by atoms with Crippen LogP contribution in [0.3, 0.4) is 0 Å². The third-order valence-corrected chi connectivity index (χ3v) is 14.9. The first-order valence-corrected chi connectivity index (χ1v) is 35.0. The topological polar surface area (TPSA) is 78.9 Å². The SMILES string of the molecule is CC/C=C\C/C=C\C/C=C\C/C=C\C/C=C\CCCCCCCCCCCCCCCCCCCCCC(=O)OCC(COC(=O)CCCCCCC/C=C\C/C=C\CCC)OC(=O)CCCCCCCCC/C=C\C/C=C\C/C=C\CC. The molecule has 0 amide bonds. The van der Waals surface area contributed by atoms with Crippen molar-refractivity contribution in [2.24, 2.45) is 0 Å². The van der Waals surface area contributed by atoms with Gasteiger partial charge in [0.05, 0.1) is 0 Å². The van der Waals surface area contributed by atoms with Crippen LogP contribution < -0.4 is 0 Å². The van der Waals surface area contributed by atoms with E-state index in [0.717, 1.165) is 148 Å². The predicted molar refractivity (Wildman–Crippen MR) is 362 cm³/mol. The van der Waals surface area contributed by atoms with Gasteiger partial charge in [-0.2, -0.15) is 0 Å². The van der Waals surface area contributed by atoms with Gasteiger partial charge in [0.2, 0.25) is 0 Å². The Morgan fingerprint density at radius 1 is 0.253 bits per heavy atom. The molecular weight excluding hydrogens is 1020 g/mol. The van der Waals surface area contributed by atoms with Gasteiger partial charge in [-0.1, -0.05) is 309 Å². The van der Waals surface area contributed by atoms with Gasteiger partial charge >= 0.3 is 17.9 Å². The van der Waals surface area contributed by atoms with E-state index in [1.54, 1.807) is 0 Å². The van der Waals surface area contributed by atoms with Gasteiger partial charge in [-0.05, 0) is 122 Å². The summed E-state index contributed by atoms with van der Waals surface area (Å²) in [5, 5.41) is 0. The van der Waals surface area contributed by atoms with Gasteiger partial charge in [0.15, 0.2) is 6.10 Å². The molecule has 83 heavy (non-hydrogen) atoms. The zero-order chi connectivity index (χ0) is 59.9. The molecule has 0 saturated heterocycles. The molecule has 6 heteroatoms. The largest absolute Gasteiger partial charge is 0.462 e. The van der Waals surface area contributed by atoms with Gasteiger partial charge < -0.3 is 14.2 Å².